The van der Waals surface area contributed by atoms with Crippen molar-refractivity contribution in [3.05, 3.63) is 29.6 Å². The van der Waals surface area contributed by atoms with E-state index >= 15 is 0 Å². The minimum absolute atomic E-state index is 0.173. The smallest absolute Gasteiger partial charge is 0.253 e. The number of nitrogens with two attached hydrogens (primary N) is 1. The van der Waals surface area contributed by atoms with Crippen LogP contribution in [0, 0.1) is 5.82 Å². The minimum atomic E-state index is -0.431. The first kappa shape index (κ1) is 12.8. The minimum Gasteiger partial charge on any atom is -0.398 e. The number of nitrogen functional groups attached to an aromatic ring is 1. The highest BCUT2D eigenvalue weighted by Gasteiger charge is 2.21. The van der Waals surface area contributed by atoms with Gasteiger partial charge >= 0.3 is 0 Å². The molecule has 1 saturated heterocycles. The van der Waals surface area contributed by atoms with Crippen molar-refractivity contribution in [2.75, 3.05) is 25.9 Å². The van der Waals surface area contributed by atoms with E-state index in [0.717, 1.165) is 25.5 Å². The summed E-state index contributed by atoms with van der Waals surface area (Å²) in [6.07, 6.45) is 2.26. The lowest BCUT2D eigenvalue weighted by Gasteiger charge is -2.19. The van der Waals surface area contributed by atoms with E-state index in [-0.39, 0.29) is 11.6 Å². The predicted octanol–water partition coefficient (Wildman–Crippen LogP) is 1.23. The number of halogens is 1. The quantitative estimate of drug-likeness (QED) is 0.794. The topological polar surface area (TPSA) is 58.4 Å². The normalized spacial score (nSPS) is 20.0. The van der Waals surface area contributed by atoms with Gasteiger partial charge in [-0.15, -0.1) is 0 Å². The molecular weight excluding hydrogens is 233 g/mol. The summed E-state index contributed by atoms with van der Waals surface area (Å²) >= 11 is 0. The number of benzene rings is 1. The Labute approximate surface area is 106 Å². The van der Waals surface area contributed by atoms with E-state index in [1.165, 1.54) is 12.1 Å². The summed E-state index contributed by atoms with van der Waals surface area (Å²) in [5, 5.41) is 2.85. The van der Waals surface area contributed by atoms with Gasteiger partial charge in [0.05, 0.1) is 5.56 Å². The Morgan fingerprint density at radius 1 is 1.61 bits per heavy atom. The molecule has 1 aliphatic rings. The number of nitrogens with zero attached hydrogens (tertiary/aromatic N) is 1. The van der Waals surface area contributed by atoms with Crippen LogP contribution in [-0.2, 0) is 0 Å². The number of likely N-dealkylation sites (tertiary alicyclic amines) is 1. The van der Waals surface area contributed by atoms with Gasteiger partial charge in [-0.3, -0.25) is 4.79 Å². The maximum Gasteiger partial charge on any atom is 0.253 e. The summed E-state index contributed by atoms with van der Waals surface area (Å²) in [5.74, 6) is -0.674. The highest BCUT2D eigenvalue weighted by Crippen LogP contribution is 2.15. The maximum atomic E-state index is 12.9. The zero-order chi connectivity index (χ0) is 13.1. The van der Waals surface area contributed by atoms with Crippen molar-refractivity contribution in [2.24, 2.45) is 0 Å². The number of anilines is 1. The molecule has 1 aromatic carbocycles. The molecule has 4 nitrogen and oxygen atoms in total. The van der Waals surface area contributed by atoms with E-state index in [1.54, 1.807) is 0 Å². The van der Waals surface area contributed by atoms with Crippen molar-refractivity contribution in [3.63, 3.8) is 0 Å². The average molecular weight is 251 g/mol. The highest BCUT2D eigenvalue weighted by atomic mass is 19.1. The molecule has 0 aromatic heterocycles. The van der Waals surface area contributed by atoms with Crippen LogP contribution in [0.2, 0.25) is 0 Å². The zero-order valence-corrected chi connectivity index (χ0v) is 10.4. The number of carbonyl (C=O) groups excluding carboxylic acids is 1. The average Bonchev–Trinajstić information content (AvgIpc) is 2.72. The number of amides is 1. The zero-order valence-electron chi connectivity index (χ0n) is 10.4. The SMILES string of the molecule is CN1CCCC1CNC(=O)c1ccc(F)cc1N. The molecular formula is C13H18FN3O. The van der Waals surface area contributed by atoms with E-state index in [2.05, 4.69) is 17.3 Å². The number of nitrogens with one attached hydrogen (secondary N) is 1. The molecule has 1 fully saturated rings. The standard InChI is InChI=1S/C13H18FN3O/c1-17-6-2-3-10(17)8-16-13(18)11-5-4-9(14)7-12(11)15/h4-5,7,10H,2-3,6,8,15H2,1H3,(H,16,18). The first-order valence-electron chi connectivity index (χ1n) is 6.11. The van der Waals surface area contributed by atoms with Crippen LogP contribution in [0.5, 0.6) is 0 Å². The van der Waals surface area contributed by atoms with Gasteiger partial charge in [-0.1, -0.05) is 0 Å². The van der Waals surface area contributed by atoms with Crippen LogP contribution in [0.4, 0.5) is 10.1 Å². The molecule has 1 atom stereocenters. The van der Waals surface area contributed by atoms with Gasteiger partial charge in [0.1, 0.15) is 5.82 Å². The summed E-state index contributed by atoms with van der Waals surface area (Å²) in [6.45, 7) is 1.67. The fourth-order valence-electron chi connectivity index (χ4n) is 2.28. The fourth-order valence-corrected chi connectivity index (χ4v) is 2.28. The van der Waals surface area contributed by atoms with E-state index < -0.39 is 5.82 Å². The molecule has 1 heterocycles. The summed E-state index contributed by atoms with van der Waals surface area (Å²) in [4.78, 5) is 14.1. The first-order valence-corrected chi connectivity index (χ1v) is 6.11. The van der Waals surface area contributed by atoms with Crippen LogP contribution in [0.3, 0.4) is 0 Å². The largest absolute Gasteiger partial charge is 0.398 e. The molecule has 0 bridgehead atoms. The molecule has 2 rings (SSSR count). The van der Waals surface area contributed by atoms with E-state index in [1.807, 2.05) is 0 Å². The second-order valence-electron chi connectivity index (χ2n) is 4.72. The number of carbonyl (C=O) groups is 1. The van der Waals surface area contributed by atoms with Crippen LogP contribution in [-0.4, -0.2) is 37.0 Å². The Hall–Kier alpha value is -1.62. The monoisotopic (exact) mass is 251 g/mol. The molecule has 1 unspecified atom stereocenters. The fraction of sp³-hybridized carbons (Fsp3) is 0.462. The van der Waals surface area contributed by atoms with E-state index in [4.69, 9.17) is 5.73 Å². The third-order valence-corrected chi connectivity index (χ3v) is 3.43. The molecule has 1 aromatic rings. The van der Waals surface area contributed by atoms with E-state index in [0.29, 0.717) is 18.2 Å². The third kappa shape index (κ3) is 2.79. The molecule has 98 valence electrons. The van der Waals surface area contributed by atoms with Crippen molar-refractivity contribution in [1.29, 1.82) is 0 Å². The van der Waals surface area contributed by atoms with Gasteiger partial charge in [-0.05, 0) is 44.6 Å². The van der Waals surface area contributed by atoms with Gasteiger partial charge < -0.3 is 16.0 Å². The Morgan fingerprint density at radius 2 is 2.39 bits per heavy atom. The van der Waals surface area contributed by atoms with Gasteiger partial charge in [-0.25, -0.2) is 4.39 Å². The summed E-state index contributed by atoms with van der Waals surface area (Å²) < 4.78 is 12.9. The van der Waals surface area contributed by atoms with Gasteiger partial charge in [0.25, 0.3) is 5.91 Å². The second kappa shape index (κ2) is 5.35. The number of rotatable bonds is 3. The van der Waals surface area contributed by atoms with Gasteiger partial charge in [0.15, 0.2) is 0 Å². The van der Waals surface area contributed by atoms with Crippen molar-refractivity contribution in [1.82, 2.24) is 10.2 Å². The van der Waals surface area contributed by atoms with Gasteiger partial charge in [0.2, 0.25) is 0 Å². The molecule has 0 saturated carbocycles. The Morgan fingerprint density at radius 3 is 3.00 bits per heavy atom. The number of hydrogen-bond acceptors (Lipinski definition) is 3. The molecule has 0 radical (unpaired) electrons. The lowest BCUT2D eigenvalue weighted by molar-refractivity contribution is 0.0944. The maximum absolute atomic E-state index is 12.9. The molecule has 18 heavy (non-hydrogen) atoms. The van der Waals surface area contributed by atoms with Crippen molar-refractivity contribution in [2.45, 2.75) is 18.9 Å². The Balaban J connectivity index is 1.95. The Bertz CT molecular complexity index is 450. The summed E-state index contributed by atoms with van der Waals surface area (Å²) in [6, 6.07) is 4.21. The molecule has 0 spiro atoms. The summed E-state index contributed by atoms with van der Waals surface area (Å²) in [7, 11) is 2.05. The highest BCUT2D eigenvalue weighted by molar-refractivity contribution is 5.99. The molecule has 5 heteroatoms. The Kier molecular flexibility index (Phi) is 3.81. The molecule has 3 N–H and O–H groups in total. The van der Waals surface area contributed by atoms with Crippen molar-refractivity contribution >= 4 is 11.6 Å². The number of hydrogen-bond donors (Lipinski definition) is 2. The van der Waals surface area contributed by atoms with Crippen LogP contribution in [0.25, 0.3) is 0 Å². The van der Waals surface area contributed by atoms with Crippen LogP contribution >= 0.6 is 0 Å². The molecule has 0 aliphatic carbocycles. The second-order valence-corrected chi connectivity index (χ2v) is 4.72. The third-order valence-electron chi connectivity index (χ3n) is 3.43. The van der Waals surface area contributed by atoms with Gasteiger partial charge in [0, 0.05) is 18.3 Å². The number of likely N-dealkylation sites (N-methyl/N-ethyl adjacent to an activating group) is 1. The van der Waals surface area contributed by atoms with E-state index in [9.17, 15) is 9.18 Å². The lowest BCUT2D eigenvalue weighted by Crippen LogP contribution is -2.38. The van der Waals surface area contributed by atoms with Crippen LogP contribution in [0.15, 0.2) is 18.2 Å². The van der Waals surface area contributed by atoms with Crippen molar-refractivity contribution in [3.8, 4) is 0 Å². The van der Waals surface area contributed by atoms with Crippen LogP contribution in [0.1, 0.15) is 23.2 Å². The molecule has 1 aliphatic heterocycles. The lowest BCUT2D eigenvalue weighted by atomic mass is 10.1. The van der Waals surface area contributed by atoms with Gasteiger partial charge in [-0.2, -0.15) is 0 Å². The van der Waals surface area contributed by atoms with Crippen molar-refractivity contribution < 1.29 is 9.18 Å². The molecule has 1 amide bonds. The van der Waals surface area contributed by atoms with Crippen LogP contribution < -0.4 is 11.1 Å². The first-order chi connectivity index (χ1) is 8.58. The predicted molar refractivity (Wildman–Crippen MR) is 68.8 cm³/mol. The summed E-state index contributed by atoms with van der Waals surface area (Å²) in [5.41, 5.74) is 6.13.